The summed E-state index contributed by atoms with van der Waals surface area (Å²) in [6, 6.07) is 3.38. The lowest BCUT2D eigenvalue weighted by molar-refractivity contribution is -0.121. The second-order valence-electron chi connectivity index (χ2n) is 4.04. The summed E-state index contributed by atoms with van der Waals surface area (Å²) in [6.45, 7) is 5.12. The van der Waals surface area contributed by atoms with Crippen molar-refractivity contribution in [2.75, 3.05) is 20.1 Å². The van der Waals surface area contributed by atoms with Crippen LogP contribution in [0.3, 0.4) is 0 Å². The first-order valence-corrected chi connectivity index (χ1v) is 5.63. The number of pyridine rings is 1. The van der Waals surface area contributed by atoms with Crippen molar-refractivity contribution in [3.05, 3.63) is 23.5 Å². The molecular formula is C12H19N3O2. The van der Waals surface area contributed by atoms with Gasteiger partial charge in [0.1, 0.15) is 5.75 Å². The highest BCUT2D eigenvalue weighted by atomic mass is 16.3. The molecule has 0 saturated heterocycles. The van der Waals surface area contributed by atoms with Crippen LogP contribution in [0, 0.1) is 6.92 Å². The molecular weight excluding hydrogens is 218 g/mol. The number of hydrogen-bond donors (Lipinski definition) is 2. The molecule has 0 aliphatic rings. The molecule has 0 aliphatic carbocycles. The van der Waals surface area contributed by atoms with E-state index in [1.165, 1.54) is 0 Å². The van der Waals surface area contributed by atoms with Gasteiger partial charge in [-0.25, -0.2) is 0 Å². The molecule has 1 amide bonds. The molecule has 1 rings (SSSR count). The van der Waals surface area contributed by atoms with Gasteiger partial charge in [-0.1, -0.05) is 0 Å². The molecule has 0 spiro atoms. The molecule has 0 unspecified atom stereocenters. The van der Waals surface area contributed by atoms with E-state index < -0.39 is 0 Å². The summed E-state index contributed by atoms with van der Waals surface area (Å²) >= 11 is 0. The largest absolute Gasteiger partial charge is 0.506 e. The Labute approximate surface area is 101 Å². The highest BCUT2D eigenvalue weighted by Crippen LogP contribution is 2.15. The van der Waals surface area contributed by atoms with Gasteiger partial charge in [0.05, 0.1) is 12.2 Å². The van der Waals surface area contributed by atoms with Gasteiger partial charge in [-0.05, 0) is 33.0 Å². The number of carbonyl (C=O) groups is 1. The van der Waals surface area contributed by atoms with E-state index in [-0.39, 0.29) is 11.7 Å². The molecule has 1 aromatic rings. The lowest BCUT2D eigenvalue weighted by Crippen LogP contribution is -2.34. The number of carbonyl (C=O) groups excluding carboxylic acids is 1. The fraction of sp³-hybridized carbons (Fsp3) is 0.500. The number of aromatic hydroxyl groups is 1. The SMILES string of the molecule is CCNC(=O)CN(C)Cc1nc(C)ccc1O. The first-order valence-electron chi connectivity index (χ1n) is 5.63. The van der Waals surface area contributed by atoms with Crippen LogP contribution in [0.1, 0.15) is 18.3 Å². The standard InChI is InChI=1S/C12H19N3O2/c1-4-13-12(17)8-15(3)7-10-11(16)6-5-9(2)14-10/h5-6,16H,4,7-8H2,1-3H3,(H,13,17). The van der Waals surface area contributed by atoms with Crippen molar-refractivity contribution in [2.24, 2.45) is 0 Å². The number of aryl methyl sites for hydroxylation is 1. The molecule has 5 heteroatoms. The lowest BCUT2D eigenvalue weighted by Gasteiger charge is -2.16. The first-order chi connectivity index (χ1) is 8.02. The van der Waals surface area contributed by atoms with Gasteiger partial charge in [0.15, 0.2) is 0 Å². The third kappa shape index (κ3) is 4.40. The van der Waals surface area contributed by atoms with E-state index in [4.69, 9.17) is 0 Å². The molecule has 0 aromatic carbocycles. The number of likely N-dealkylation sites (N-methyl/N-ethyl adjacent to an activating group) is 2. The van der Waals surface area contributed by atoms with Gasteiger partial charge >= 0.3 is 0 Å². The summed E-state index contributed by atoms with van der Waals surface area (Å²) in [5.74, 6) is 0.139. The Bertz CT molecular complexity index is 393. The van der Waals surface area contributed by atoms with E-state index in [1.54, 1.807) is 12.1 Å². The van der Waals surface area contributed by atoms with Crippen molar-refractivity contribution < 1.29 is 9.90 Å². The first kappa shape index (κ1) is 13.4. The zero-order valence-corrected chi connectivity index (χ0v) is 10.5. The Morgan fingerprint density at radius 3 is 2.88 bits per heavy atom. The van der Waals surface area contributed by atoms with Gasteiger partial charge < -0.3 is 10.4 Å². The van der Waals surface area contributed by atoms with E-state index in [2.05, 4.69) is 10.3 Å². The van der Waals surface area contributed by atoms with Crippen LogP contribution in [-0.2, 0) is 11.3 Å². The highest BCUT2D eigenvalue weighted by Gasteiger charge is 2.10. The summed E-state index contributed by atoms with van der Waals surface area (Å²) in [6.07, 6.45) is 0. The maximum Gasteiger partial charge on any atom is 0.234 e. The second kappa shape index (κ2) is 6.20. The van der Waals surface area contributed by atoms with Crippen molar-refractivity contribution >= 4 is 5.91 Å². The van der Waals surface area contributed by atoms with E-state index >= 15 is 0 Å². The van der Waals surface area contributed by atoms with Gasteiger partial charge in [0, 0.05) is 18.8 Å². The topological polar surface area (TPSA) is 65.5 Å². The fourth-order valence-corrected chi connectivity index (χ4v) is 1.53. The minimum absolute atomic E-state index is 0.0258. The normalized spacial score (nSPS) is 10.6. The Hall–Kier alpha value is -1.62. The quantitative estimate of drug-likeness (QED) is 0.789. The van der Waals surface area contributed by atoms with Gasteiger partial charge in [0.25, 0.3) is 0 Å². The van der Waals surface area contributed by atoms with Crippen LogP contribution < -0.4 is 5.32 Å². The molecule has 0 atom stereocenters. The maximum absolute atomic E-state index is 11.4. The summed E-state index contributed by atoms with van der Waals surface area (Å²) in [5.41, 5.74) is 1.45. The second-order valence-corrected chi connectivity index (χ2v) is 4.04. The van der Waals surface area contributed by atoms with Crippen LogP contribution in [0.4, 0.5) is 0 Å². The van der Waals surface area contributed by atoms with Gasteiger partial charge in [-0.15, -0.1) is 0 Å². The van der Waals surface area contributed by atoms with Crippen LogP contribution in [0.15, 0.2) is 12.1 Å². The smallest absolute Gasteiger partial charge is 0.234 e. The van der Waals surface area contributed by atoms with E-state index in [0.29, 0.717) is 25.3 Å². The number of rotatable bonds is 5. The van der Waals surface area contributed by atoms with Crippen molar-refractivity contribution in [3.8, 4) is 5.75 Å². The molecule has 0 bridgehead atoms. The molecule has 94 valence electrons. The zero-order valence-electron chi connectivity index (χ0n) is 10.5. The summed E-state index contributed by atoms with van der Waals surface area (Å²) in [7, 11) is 1.82. The summed E-state index contributed by atoms with van der Waals surface area (Å²) < 4.78 is 0. The Balaban J connectivity index is 2.58. The predicted molar refractivity (Wildman–Crippen MR) is 65.7 cm³/mol. The average molecular weight is 237 g/mol. The maximum atomic E-state index is 11.4. The average Bonchev–Trinajstić information content (AvgIpc) is 2.23. The van der Waals surface area contributed by atoms with Crippen molar-refractivity contribution in [1.82, 2.24) is 15.2 Å². The van der Waals surface area contributed by atoms with Crippen LogP contribution in [0.25, 0.3) is 0 Å². The summed E-state index contributed by atoms with van der Waals surface area (Å²) in [5, 5.41) is 12.4. The van der Waals surface area contributed by atoms with Gasteiger partial charge in [-0.3, -0.25) is 14.7 Å². The monoisotopic (exact) mass is 237 g/mol. The molecule has 0 fully saturated rings. The van der Waals surface area contributed by atoms with Crippen LogP contribution in [0.2, 0.25) is 0 Å². The lowest BCUT2D eigenvalue weighted by atomic mass is 10.2. The molecule has 1 heterocycles. The number of hydrogen-bond acceptors (Lipinski definition) is 4. The van der Waals surface area contributed by atoms with E-state index in [0.717, 1.165) is 5.69 Å². The molecule has 5 nitrogen and oxygen atoms in total. The van der Waals surface area contributed by atoms with Gasteiger partial charge in [-0.2, -0.15) is 0 Å². The number of amides is 1. The predicted octanol–water partition coefficient (Wildman–Crippen LogP) is 0.664. The Morgan fingerprint density at radius 1 is 1.53 bits per heavy atom. The Kier molecular flexibility index (Phi) is 4.90. The fourth-order valence-electron chi connectivity index (χ4n) is 1.53. The van der Waals surface area contributed by atoms with Gasteiger partial charge in [0.2, 0.25) is 5.91 Å². The van der Waals surface area contributed by atoms with Crippen molar-refractivity contribution in [2.45, 2.75) is 20.4 Å². The minimum Gasteiger partial charge on any atom is -0.506 e. The molecule has 0 saturated carbocycles. The zero-order chi connectivity index (χ0) is 12.8. The minimum atomic E-state index is -0.0258. The Morgan fingerprint density at radius 2 is 2.24 bits per heavy atom. The number of nitrogens with one attached hydrogen (secondary N) is 1. The van der Waals surface area contributed by atoms with Crippen LogP contribution in [-0.4, -0.2) is 41.0 Å². The van der Waals surface area contributed by atoms with Crippen LogP contribution in [0.5, 0.6) is 5.75 Å². The molecule has 17 heavy (non-hydrogen) atoms. The molecule has 0 radical (unpaired) electrons. The summed E-state index contributed by atoms with van der Waals surface area (Å²) in [4.78, 5) is 17.4. The van der Waals surface area contributed by atoms with E-state index in [9.17, 15) is 9.90 Å². The molecule has 2 N–H and O–H groups in total. The van der Waals surface area contributed by atoms with Crippen molar-refractivity contribution in [1.29, 1.82) is 0 Å². The molecule has 1 aromatic heterocycles. The van der Waals surface area contributed by atoms with Crippen LogP contribution >= 0.6 is 0 Å². The van der Waals surface area contributed by atoms with E-state index in [1.807, 2.05) is 25.8 Å². The van der Waals surface area contributed by atoms with Crippen molar-refractivity contribution in [3.63, 3.8) is 0 Å². The molecule has 0 aliphatic heterocycles. The number of nitrogens with zero attached hydrogens (tertiary/aromatic N) is 2. The third-order valence-electron chi connectivity index (χ3n) is 2.30. The number of aromatic nitrogens is 1. The third-order valence-corrected chi connectivity index (χ3v) is 2.30. The highest BCUT2D eigenvalue weighted by molar-refractivity contribution is 5.77.